The fourth-order valence-electron chi connectivity index (χ4n) is 2.34. The number of carbonyl (C=O) groups excluding carboxylic acids is 1. The average molecular weight is 218 g/mol. The summed E-state index contributed by atoms with van der Waals surface area (Å²) in [6.45, 7) is 0. The molecule has 3 nitrogen and oxygen atoms in total. The Bertz CT molecular complexity index is 401. The predicted octanol–water partition coefficient (Wildman–Crippen LogP) is 2.51. The lowest BCUT2D eigenvalue weighted by molar-refractivity contribution is -0.0245. The number of epoxide rings is 1. The normalized spacial score (nSPS) is 31.6. The highest BCUT2D eigenvalue weighted by molar-refractivity contribution is 5.89. The zero-order valence-corrected chi connectivity index (χ0v) is 9.02. The quantitative estimate of drug-likeness (QED) is 0.565. The molecule has 2 aliphatic rings. The largest absolute Gasteiger partial charge is 0.427 e. The van der Waals surface area contributed by atoms with Crippen molar-refractivity contribution < 1.29 is 14.3 Å². The first-order valence-electron chi connectivity index (χ1n) is 5.76. The van der Waals surface area contributed by atoms with Crippen LogP contribution in [-0.2, 0) is 9.47 Å². The molecule has 3 rings (SSSR count). The van der Waals surface area contributed by atoms with Crippen molar-refractivity contribution in [1.82, 2.24) is 0 Å². The Labute approximate surface area is 94.4 Å². The summed E-state index contributed by atoms with van der Waals surface area (Å²) in [6.07, 6.45) is 4.26. The van der Waals surface area contributed by atoms with Gasteiger partial charge in [0.25, 0.3) is 0 Å². The Morgan fingerprint density at radius 3 is 2.88 bits per heavy atom. The number of esters is 1. The first-order valence-corrected chi connectivity index (χ1v) is 5.76. The van der Waals surface area contributed by atoms with Gasteiger partial charge in [-0.2, -0.15) is 0 Å². The summed E-state index contributed by atoms with van der Waals surface area (Å²) in [6, 6.07) is 9.07. The van der Waals surface area contributed by atoms with Crippen molar-refractivity contribution in [3.63, 3.8) is 0 Å². The molecule has 1 saturated heterocycles. The molecular formula is C13H14O3. The van der Waals surface area contributed by atoms with Crippen molar-refractivity contribution in [3.05, 3.63) is 35.9 Å². The first kappa shape index (κ1) is 9.85. The summed E-state index contributed by atoms with van der Waals surface area (Å²) in [4.78, 5) is 11.8. The first-order chi connectivity index (χ1) is 7.80. The summed E-state index contributed by atoms with van der Waals surface area (Å²) < 4.78 is 11.0. The number of carbonyl (C=O) groups is 1. The second kappa shape index (κ2) is 3.59. The molecule has 2 fully saturated rings. The number of rotatable bonds is 2. The summed E-state index contributed by atoms with van der Waals surface area (Å²) in [5.41, 5.74) is 0.594. The molecule has 0 aromatic heterocycles. The fourth-order valence-corrected chi connectivity index (χ4v) is 2.34. The topological polar surface area (TPSA) is 38.8 Å². The van der Waals surface area contributed by atoms with Crippen LogP contribution in [0.4, 0.5) is 0 Å². The third-order valence-electron chi connectivity index (χ3n) is 3.29. The molecule has 1 aromatic carbocycles. The molecule has 3 heteroatoms. The van der Waals surface area contributed by atoms with Gasteiger partial charge in [-0.1, -0.05) is 24.6 Å². The minimum absolute atomic E-state index is 0.147. The van der Waals surface area contributed by atoms with Gasteiger partial charge in [0.2, 0.25) is 5.79 Å². The summed E-state index contributed by atoms with van der Waals surface area (Å²) >= 11 is 0. The van der Waals surface area contributed by atoms with E-state index in [9.17, 15) is 4.79 Å². The van der Waals surface area contributed by atoms with Gasteiger partial charge < -0.3 is 9.47 Å². The molecule has 0 radical (unpaired) electrons. The second-order valence-corrected chi connectivity index (χ2v) is 4.42. The van der Waals surface area contributed by atoms with E-state index >= 15 is 0 Å². The van der Waals surface area contributed by atoms with Crippen LogP contribution in [0.1, 0.15) is 36.0 Å². The van der Waals surface area contributed by atoms with E-state index in [0.717, 1.165) is 19.3 Å². The van der Waals surface area contributed by atoms with Gasteiger partial charge in [-0.05, 0) is 25.0 Å². The van der Waals surface area contributed by atoms with Gasteiger partial charge in [-0.15, -0.1) is 0 Å². The lowest BCUT2D eigenvalue weighted by atomic mass is 9.98. The Morgan fingerprint density at radius 1 is 1.31 bits per heavy atom. The van der Waals surface area contributed by atoms with Crippen molar-refractivity contribution in [2.45, 2.75) is 37.6 Å². The Morgan fingerprint density at radius 2 is 2.12 bits per heavy atom. The number of benzene rings is 1. The molecule has 0 N–H and O–H groups in total. The highest BCUT2D eigenvalue weighted by Gasteiger charge is 2.61. The molecule has 1 aliphatic heterocycles. The minimum Gasteiger partial charge on any atom is -0.427 e. The van der Waals surface area contributed by atoms with Gasteiger partial charge in [-0.3, -0.25) is 0 Å². The van der Waals surface area contributed by atoms with Crippen molar-refractivity contribution in [1.29, 1.82) is 0 Å². The number of hydrogen-bond acceptors (Lipinski definition) is 3. The molecule has 1 aliphatic carbocycles. The third kappa shape index (κ3) is 1.61. The number of ether oxygens (including phenoxy) is 2. The molecule has 2 atom stereocenters. The maximum absolute atomic E-state index is 11.8. The van der Waals surface area contributed by atoms with Crippen LogP contribution in [0.25, 0.3) is 0 Å². The van der Waals surface area contributed by atoms with Gasteiger partial charge in [-0.25, -0.2) is 4.79 Å². The van der Waals surface area contributed by atoms with E-state index in [-0.39, 0.29) is 12.1 Å². The van der Waals surface area contributed by atoms with Crippen LogP contribution in [0.3, 0.4) is 0 Å². The van der Waals surface area contributed by atoms with Gasteiger partial charge in [0.15, 0.2) is 0 Å². The van der Waals surface area contributed by atoms with E-state index in [4.69, 9.17) is 9.47 Å². The Hall–Kier alpha value is -1.35. The van der Waals surface area contributed by atoms with Crippen LogP contribution >= 0.6 is 0 Å². The van der Waals surface area contributed by atoms with E-state index in [1.165, 1.54) is 6.42 Å². The molecule has 0 amide bonds. The average Bonchev–Trinajstić information content (AvgIpc) is 3.04. The molecule has 1 aromatic rings. The van der Waals surface area contributed by atoms with E-state index in [1.807, 2.05) is 18.2 Å². The standard InChI is InChI=1S/C13H14O3/c14-12(10-6-2-1-3-7-10)16-13-9-5-4-8-11(13)15-13/h1-3,6-7,11H,4-5,8-9H2. The van der Waals surface area contributed by atoms with Gasteiger partial charge in [0, 0.05) is 6.42 Å². The SMILES string of the molecule is O=C(OC12CCCCC1O2)c1ccccc1. The maximum atomic E-state index is 11.8. The fraction of sp³-hybridized carbons (Fsp3) is 0.462. The molecule has 1 saturated carbocycles. The molecule has 2 unspecified atom stereocenters. The molecule has 0 spiro atoms. The van der Waals surface area contributed by atoms with E-state index < -0.39 is 5.79 Å². The third-order valence-corrected chi connectivity index (χ3v) is 3.29. The van der Waals surface area contributed by atoms with Crippen LogP contribution in [0.15, 0.2) is 30.3 Å². The van der Waals surface area contributed by atoms with E-state index in [0.29, 0.717) is 5.56 Å². The molecule has 1 heterocycles. The molecule has 16 heavy (non-hydrogen) atoms. The van der Waals surface area contributed by atoms with Crippen LogP contribution in [0.2, 0.25) is 0 Å². The molecule has 84 valence electrons. The maximum Gasteiger partial charge on any atom is 0.340 e. The van der Waals surface area contributed by atoms with Gasteiger partial charge in [0.05, 0.1) is 5.56 Å². The van der Waals surface area contributed by atoms with Crippen molar-refractivity contribution in [2.24, 2.45) is 0 Å². The summed E-state index contributed by atoms with van der Waals surface area (Å²) in [5.74, 6) is -0.851. The lowest BCUT2D eigenvalue weighted by Crippen LogP contribution is -2.26. The monoisotopic (exact) mass is 218 g/mol. The van der Waals surface area contributed by atoms with Crippen molar-refractivity contribution >= 4 is 5.97 Å². The Balaban J connectivity index is 1.70. The van der Waals surface area contributed by atoms with Crippen LogP contribution in [0.5, 0.6) is 0 Å². The second-order valence-electron chi connectivity index (χ2n) is 4.42. The smallest absolute Gasteiger partial charge is 0.340 e. The Kier molecular flexibility index (Phi) is 2.21. The van der Waals surface area contributed by atoms with E-state index in [1.54, 1.807) is 12.1 Å². The number of fused-ring (bicyclic) bond motifs is 1. The molecular weight excluding hydrogens is 204 g/mol. The molecule has 0 bridgehead atoms. The van der Waals surface area contributed by atoms with Gasteiger partial charge >= 0.3 is 5.97 Å². The van der Waals surface area contributed by atoms with Gasteiger partial charge in [0.1, 0.15) is 6.10 Å². The van der Waals surface area contributed by atoms with E-state index in [2.05, 4.69) is 0 Å². The van der Waals surface area contributed by atoms with Crippen LogP contribution in [-0.4, -0.2) is 17.9 Å². The predicted molar refractivity (Wildman–Crippen MR) is 57.9 cm³/mol. The summed E-state index contributed by atoms with van der Waals surface area (Å²) in [5, 5.41) is 0. The zero-order chi connectivity index (χ0) is 11.0. The lowest BCUT2D eigenvalue weighted by Gasteiger charge is -2.17. The van der Waals surface area contributed by atoms with Crippen molar-refractivity contribution in [2.75, 3.05) is 0 Å². The zero-order valence-electron chi connectivity index (χ0n) is 9.02. The number of hydrogen-bond donors (Lipinski definition) is 0. The van der Waals surface area contributed by atoms with Crippen molar-refractivity contribution in [3.8, 4) is 0 Å². The highest BCUT2D eigenvalue weighted by Crippen LogP contribution is 2.48. The van der Waals surface area contributed by atoms with Crippen LogP contribution in [0, 0.1) is 0 Å². The summed E-state index contributed by atoms with van der Waals surface area (Å²) in [7, 11) is 0. The highest BCUT2D eigenvalue weighted by atomic mass is 16.8. The minimum atomic E-state index is -0.578. The van der Waals surface area contributed by atoms with Crippen LogP contribution < -0.4 is 0 Å².